The number of rotatable bonds is 6. The van der Waals surface area contributed by atoms with E-state index in [1.165, 1.54) is 0 Å². The lowest BCUT2D eigenvalue weighted by atomic mass is 9.87. The molecule has 0 radical (unpaired) electrons. The smallest absolute Gasteiger partial charge is 0.214 e. The lowest BCUT2D eigenvalue weighted by Crippen LogP contribution is -2.68. The van der Waals surface area contributed by atoms with Crippen molar-refractivity contribution in [2.75, 3.05) is 18.4 Å². The zero-order valence-corrected chi connectivity index (χ0v) is 15.9. The first kappa shape index (κ1) is 22.5. The number of alkyl halides is 3. The Morgan fingerprint density at radius 1 is 1.12 bits per heavy atom. The molecule has 0 bridgehead atoms. The minimum atomic E-state index is -2.06. The normalized spacial score (nSPS) is 49.3. The topological polar surface area (TPSA) is 146 Å². The largest absolute Gasteiger partial charge is 0.393 e. The Bertz CT molecular complexity index is 526. The van der Waals surface area contributed by atoms with Crippen LogP contribution in [0, 0.1) is 0 Å². The predicted molar refractivity (Wildman–Crippen MR) is 89.2 cm³/mol. The number of ketones is 1. The number of hydrogen-bond acceptors (Lipinski definition) is 9. The lowest BCUT2D eigenvalue weighted by molar-refractivity contribution is -0.368. The van der Waals surface area contributed by atoms with Crippen molar-refractivity contribution in [3.05, 3.63) is 0 Å². The Kier molecular flexibility index (Phi) is 7.19. The summed E-state index contributed by atoms with van der Waals surface area (Å²) in [6.45, 7) is 0.183. The van der Waals surface area contributed by atoms with Gasteiger partial charge < -0.3 is 39.7 Å². The molecule has 9 atom stereocenters. The molecule has 2 rings (SSSR count). The molecule has 0 aliphatic carbocycles. The second kappa shape index (κ2) is 8.30. The molecule has 0 aromatic carbocycles. The van der Waals surface area contributed by atoms with Crippen molar-refractivity contribution < 1.29 is 44.5 Å². The van der Waals surface area contributed by atoms with Crippen molar-refractivity contribution in [3.8, 4) is 0 Å². The lowest BCUT2D eigenvalue weighted by Gasteiger charge is -2.48. The summed E-state index contributed by atoms with van der Waals surface area (Å²) in [4.78, 5) is 12.0. The zero-order chi connectivity index (χ0) is 19.9. The Hall–Kier alpha value is 0.220. The monoisotopic (exact) mass is 438 g/mol. The van der Waals surface area contributed by atoms with Gasteiger partial charge in [-0.15, -0.1) is 34.8 Å². The van der Waals surface area contributed by atoms with Gasteiger partial charge in [0.25, 0.3) is 0 Å². The van der Waals surface area contributed by atoms with E-state index < -0.39 is 71.8 Å². The first-order valence-electron chi connectivity index (χ1n) is 7.73. The molecule has 9 nitrogen and oxygen atoms in total. The highest BCUT2D eigenvalue weighted by atomic mass is 35.5. The van der Waals surface area contributed by atoms with Crippen LogP contribution >= 0.6 is 34.8 Å². The molecule has 0 aromatic rings. The Labute approximate surface area is 164 Å². The van der Waals surface area contributed by atoms with E-state index in [4.69, 9.17) is 49.0 Å². The second-order valence-corrected chi connectivity index (χ2v) is 7.33. The SMILES string of the molecule is CC(=O)[C@@]1(CO)O[C@H](O[C@]2(CCl)O[C@H](CCl)[C@@H](O)[C@@H]2O)[C@H](O)[C@@H](O)[C@H]1Cl. The number of Topliss-reactive ketones (excluding diaryl/α,β-unsaturated/α-hetero) is 1. The summed E-state index contributed by atoms with van der Waals surface area (Å²) < 4.78 is 16.3. The molecule has 2 aliphatic heterocycles. The van der Waals surface area contributed by atoms with Crippen LogP contribution in [0.15, 0.2) is 0 Å². The van der Waals surface area contributed by atoms with Crippen LogP contribution in [0.3, 0.4) is 0 Å². The predicted octanol–water partition coefficient (Wildman–Crippen LogP) is -1.70. The number of hydrogen-bond donors (Lipinski definition) is 5. The molecule has 2 heterocycles. The van der Waals surface area contributed by atoms with Gasteiger partial charge in [0.2, 0.25) is 5.79 Å². The van der Waals surface area contributed by atoms with Crippen LogP contribution in [-0.4, -0.2) is 103 Å². The molecule has 26 heavy (non-hydrogen) atoms. The van der Waals surface area contributed by atoms with E-state index in [1.54, 1.807) is 0 Å². The van der Waals surface area contributed by atoms with Crippen LogP contribution < -0.4 is 0 Å². The van der Waals surface area contributed by atoms with Gasteiger partial charge in [-0.2, -0.15) is 0 Å². The fourth-order valence-electron chi connectivity index (χ4n) is 2.98. The maximum atomic E-state index is 12.0. The molecular formula is C14H21Cl3O9. The van der Waals surface area contributed by atoms with Gasteiger partial charge in [0.05, 0.1) is 18.4 Å². The molecule has 2 fully saturated rings. The summed E-state index contributed by atoms with van der Waals surface area (Å²) in [5.41, 5.74) is -2.06. The number of aliphatic hydroxyl groups is 5. The third-order valence-corrected chi connectivity index (χ3v) is 5.98. The number of ether oxygens (including phenoxy) is 3. The van der Waals surface area contributed by atoms with Gasteiger partial charge in [-0.3, -0.25) is 4.79 Å². The highest BCUT2D eigenvalue weighted by Gasteiger charge is 2.61. The summed E-state index contributed by atoms with van der Waals surface area (Å²) in [6, 6.07) is 0. The first-order chi connectivity index (χ1) is 12.1. The molecule has 5 N–H and O–H groups in total. The summed E-state index contributed by atoms with van der Waals surface area (Å²) in [5, 5.41) is 48.8. The van der Waals surface area contributed by atoms with E-state index >= 15 is 0 Å². The van der Waals surface area contributed by atoms with Gasteiger partial charge in [0.1, 0.15) is 35.9 Å². The highest BCUT2D eigenvalue weighted by molar-refractivity contribution is 6.24. The average molecular weight is 440 g/mol. The van der Waals surface area contributed by atoms with Crippen molar-refractivity contribution in [3.63, 3.8) is 0 Å². The first-order valence-corrected chi connectivity index (χ1v) is 9.24. The molecular weight excluding hydrogens is 419 g/mol. The summed E-state index contributed by atoms with van der Waals surface area (Å²) in [5.74, 6) is -3.44. The molecule has 2 saturated heterocycles. The number of carbonyl (C=O) groups is 1. The zero-order valence-electron chi connectivity index (χ0n) is 13.7. The molecule has 0 saturated carbocycles. The fourth-order valence-corrected chi connectivity index (χ4v) is 3.93. The van der Waals surface area contributed by atoms with Crippen LogP contribution in [0.1, 0.15) is 6.92 Å². The Morgan fingerprint density at radius 2 is 1.73 bits per heavy atom. The van der Waals surface area contributed by atoms with Crippen molar-refractivity contribution >= 4 is 40.6 Å². The fraction of sp³-hybridized carbons (Fsp3) is 0.929. The highest BCUT2D eigenvalue weighted by Crippen LogP contribution is 2.40. The van der Waals surface area contributed by atoms with E-state index in [0.717, 1.165) is 6.92 Å². The van der Waals surface area contributed by atoms with Gasteiger partial charge in [-0.05, 0) is 6.92 Å². The number of carbonyl (C=O) groups excluding carboxylic acids is 1. The van der Waals surface area contributed by atoms with E-state index in [2.05, 4.69) is 0 Å². The molecule has 152 valence electrons. The van der Waals surface area contributed by atoms with E-state index in [9.17, 15) is 30.3 Å². The maximum absolute atomic E-state index is 12.0. The number of halogens is 3. The minimum absolute atomic E-state index is 0.186. The molecule has 12 heteroatoms. The third kappa shape index (κ3) is 3.48. The molecule has 0 unspecified atom stereocenters. The van der Waals surface area contributed by atoms with Gasteiger partial charge >= 0.3 is 0 Å². The van der Waals surface area contributed by atoms with Crippen LogP contribution in [0.25, 0.3) is 0 Å². The van der Waals surface area contributed by atoms with Crippen molar-refractivity contribution in [1.29, 1.82) is 0 Å². The van der Waals surface area contributed by atoms with E-state index in [-0.39, 0.29) is 5.88 Å². The van der Waals surface area contributed by atoms with Crippen LogP contribution in [0.2, 0.25) is 0 Å². The third-order valence-electron chi connectivity index (χ3n) is 4.69. The Morgan fingerprint density at radius 3 is 2.15 bits per heavy atom. The van der Waals surface area contributed by atoms with Gasteiger partial charge in [0.15, 0.2) is 17.7 Å². The molecule has 0 spiro atoms. The summed E-state index contributed by atoms with van der Waals surface area (Å²) in [6.07, 6.45) is -9.36. The number of aliphatic hydroxyl groups excluding tert-OH is 5. The van der Waals surface area contributed by atoms with Gasteiger partial charge in [-0.25, -0.2) is 0 Å². The quantitative estimate of drug-likeness (QED) is 0.306. The van der Waals surface area contributed by atoms with Crippen LogP contribution in [0.5, 0.6) is 0 Å². The molecule has 0 aromatic heterocycles. The summed E-state index contributed by atoms with van der Waals surface area (Å²) >= 11 is 17.5. The van der Waals surface area contributed by atoms with Crippen molar-refractivity contribution in [2.24, 2.45) is 0 Å². The molecule has 2 aliphatic rings. The van der Waals surface area contributed by atoms with Crippen LogP contribution in [0.4, 0.5) is 0 Å². The van der Waals surface area contributed by atoms with Crippen molar-refractivity contribution in [1.82, 2.24) is 0 Å². The Balaban J connectivity index is 2.33. The van der Waals surface area contributed by atoms with Crippen LogP contribution in [-0.2, 0) is 19.0 Å². The van der Waals surface area contributed by atoms with Crippen molar-refractivity contribution in [2.45, 2.75) is 60.5 Å². The van der Waals surface area contributed by atoms with E-state index in [0.29, 0.717) is 0 Å². The second-order valence-electron chi connectivity index (χ2n) is 6.28. The minimum Gasteiger partial charge on any atom is -0.393 e. The standard InChI is InChI=1S/C14H21Cl3O9/c1-5(19)13(4-18)10(17)8(21)9(22)12(25-13)26-14(3-16)11(23)7(20)6(2-15)24-14/h6-12,18,20-23H,2-4H2,1H3/t6-,7-,8-,9-,10-,11+,12-,13-,14+/m1/s1. The average Bonchev–Trinajstić information content (AvgIpc) is 2.87. The van der Waals surface area contributed by atoms with Gasteiger partial charge in [-0.1, -0.05) is 0 Å². The summed E-state index contributed by atoms with van der Waals surface area (Å²) in [7, 11) is 0. The van der Waals surface area contributed by atoms with E-state index in [1.807, 2.05) is 0 Å². The van der Waals surface area contributed by atoms with Gasteiger partial charge in [0, 0.05) is 0 Å². The molecule has 0 amide bonds. The maximum Gasteiger partial charge on any atom is 0.214 e.